The largest absolute Gasteiger partial charge is 0.474 e. The van der Waals surface area contributed by atoms with Gasteiger partial charge in [-0.1, -0.05) is 24.6 Å². The summed E-state index contributed by atoms with van der Waals surface area (Å²) in [6.07, 6.45) is 0.977. The number of nitrogens with zero attached hydrogens (tertiary/aromatic N) is 1. The smallest absolute Gasteiger partial charge is 0.184 e. The monoisotopic (exact) mass is 238 g/mol. The highest BCUT2D eigenvalue weighted by molar-refractivity contribution is 6.32. The van der Waals surface area contributed by atoms with Gasteiger partial charge in [-0.15, -0.1) is 0 Å². The fraction of sp³-hybridized carbons (Fsp3) is 0.417. The van der Waals surface area contributed by atoms with Crippen molar-refractivity contribution in [3.8, 4) is 11.8 Å². The third kappa shape index (κ3) is 3.41. The summed E-state index contributed by atoms with van der Waals surface area (Å²) in [6.45, 7) is 2.48. The minimum atomic E-state index is -0.446. The summed E-state index contributed by atoms with van der Waals surface area (Å²) in [5, 5.41) is 9.31. The second-order valence-electron chi connectivity index (χ2n) is 3.45. The van der Waals surface area contributed by atoms with Crippen LogP contribution in [0.1, 0.15) is 18.9 Å². The van der Waals surface area contributed by atoms with Crippen molar-refractivity contribution in [1.82, 2.24) is 0 Å². The van der Waals surface area contributed by atoms with Crippen LogP contribution in [0.5, 0.6) is 5.75 Å². The zero-order valence-electron chi connectivity index (χ0n) is 9.24. The van der Waals surface area contributed by atoms with E-state index < -0.39 is 6.10 Å². The zero-order chi connectivity index (χ0) is 12.0. The first-order chi connectivity index (χ1) is 7.71. The van der Waals surface area contributed by atoms with Crippen LogP contribution in [0.3, 0.4) is 0 Å². The van der Waals surface area contributed by atoms with E-state index in [0.29, 0.717) is 23.7 Å². The number of hydrogen-bond donors (Lipinski definition) is 1. The Balaban J connectivity index is 2.79. The summed E-state index contributed by atoms with van der Waals surface area (Å²) in [5.74, 6) is 0.552. The topological polar surface area (TPSA) is 59.0 Å². The summed E-state index contributed by atoms with van der Waals surface area (Å²) in [4.78, 5) is 0. The van der Waals surface area contributed by atoms with E-state index in [0.717, 1.165) is 12.0 Å². The average Bonchev–Trinajstić information content (AvgIpc) is 2.29. The minimum Gasteiger partial charge on any atom is -0.474 e. The molecule has 1 aromatic carbocycles. The third-order valence-electron chi connectivity index (χ3n) is 2.21. The Morgan fingerprint density at radius 3 is 2.81 bits per heavy atom. The number of rotatable bonds is 5. The fourth-order valence-corrected chi connectivity index (χ4v) is 1.56. The number of hydrogen-bond acceptors (Lipinski definition) is 3. The SMILES string of the molecule is CCC(C#N)Oc1ccc(CCN)cc1Cl. The van der Waals surface area contributed by atoms with E-state index in [1.165, 1.54) is 0 Å². The lowest BCUT2D eigenvalue weighted by atomic mass is 10.1. The van der Waals surface area contributed by atoms with Crippen LogP contribution >= 0.6 is 11.6 Å². The molecule has 0 spiro atoms. The Bertz CT molecular complexity index is 387. The van der Waals surface area contributed by atoms with Crippen molar-refractivity contribution in [2.75, 3.05) is 6.54 Å². The summed E-state index contributed by atoms with van der Waals surface area (Å²) in [7, 11) is 0. The lowest BCUT2D eigenvalue weighted by Crippen LogP contribution is -2.12. The number of nitrogens with two attached hydrogens (primary N) is 1. The molecule has 0 aliphatic rings. The maximum Gasteiger partial charge on any atom is 0.184 e. The Kier molecular flexibility index (Phi) is 5.10. The Morgan fingerprint density at radius 2 is 2.31 bits per heavy atom. The lowest BCUT2D eigenvalue weighted by molar-refractivity contribution is 0.252. The first kappa shape index (κ1) is 12.8. The van der Waals surface area contributed by atoms with E-state index in [2.05, 4.69) is 6.07 Å². The summed E-state index contributed by atoms with van der Waals surface area (Å²) in [6, 6.07) is 7.59. The Labute approximate surface area is 101 Å². The second kappa shape index (κ2) is 6.37. The van der Waals surface area contributed by atoms with Gasteiger partial charge >= 0.3 is 0 Å². The molecule has 16 heavy (non-hydrogen) atoms. The molecule has 2 N–H and O–H groups in total. The highest BCUT2D eigenvalue weighted by Gasteiger charge is 2.09. The number of benzene rings is 1. The third-order valence-corrected chi connectivity index (χ3v) is 2.51. The van der Waals surface area contributed by atoms with Crippen LogP contribution in [-0.2, 0) is 6.42 Å². The predicted octanol–water partition coefficient (Wildman–Crippen LogP) is 2.52. The van der Waals surface area contributed by atoms with Crippen LogP contribution in [0.15, 0.2) is 18.2 Å². The van der Waals surface area contributed by atoms with Crippen molar-refractivity contribution >= 4 is 11.6 Å². The molecule has 0 aliphatic heterocycles. The van der Waals surface area contributed by atoms with Crippen molar-refractivity contribution in [2.45, 2.75) is 25.9 Å². The first-order valence-corrected chi connectivity index (χ1v) is 5.63. The fourth-order valence-electron chi connectivity index (χ4n) is 1.32. The van der Waals surface area contributed by atoms with Gasteiger partial charge in [0.1, 0.15) is 11.8 Å². The maximum atomic E-state index is 8.78. The quantitative estimate of drug-likeness (QED) is 0.858. The molecule has 0 saturated carbocycles. The molecule has 0 fully saturated rings. The van der Waals surface area contributed by atoms with Gasteiger partial charge in [-0.3, -0.25) is 0 Å². The normalized spacial score (nSPS) is 11.9. The molecule has 0 radical (unpaired) electrons. The van der Waals surface area contributed by atoms with Crippen molar-refractivity contribution in [1.29, 1.82) is 5.26 Å². The van der Waals surface area contributed by atoms with E-state index in [9.17, 15) is 0 Å². The van der Waals surface area contributed by atoms with Gasteiger partial charge in [0.15, 0.2) is 6.10 Å². The molecule has 0 bridgehead atoms. The molecule has 1 aromatic rings. The van der Waals surface area contributed by atoms with Crippen molar-refractivity contribution in [2.24, 2.45) is 5.73 Å². The molecule has 0 amide bonds. The molecule has 1 atom stereocenters. The highest BCUT2D eigenvalue weighted by atomic mass is 35.5. The van der Waals surface area contributed by atoms with Gasteiger partial charge in [-0.2, -0.15) is 5.26 Å². The second-order valence-corrected chi connectivity index (χ2v) is 3.85. The standard InChI is InChI=1S/C12H15ClN2O/c1-2-10(8-15)16-12-4-3-9(5-6-14)7-11(12)13/h3-4,7,10H,2,5-6,14H2,1H3. The van der Waals surface area contributed by atoms with Crippen molar-refractivity contribution < 1.29 is 4.74 Å². The molecule has 0 aliphatic carbocycles. The Hall–Kier alpha value is -1.24. The highest BCUT2D eigenvalue weighted by Crippen LogP contribution is 2.26. The molecule has 0 aromatic heterocycles. The molecular formula is C12H15ClN2O. The van der Waals surface area contributed by atoms with E-state index >= 15 is 0 Å². The van der Waals surface area contributed by atoms with Crippen LogP contribution < -0.4 is 10.5 Å². The summed E-state index contributed by atoms with van der Waals surface area (Å²) < 4.78 is 5.45. The molecule has 4 heteroatoms. The average molecular weight is 239 g/mol. The van der Waals surface area contributed by atoms with Crippen LogP contribution in [0.4, 0.5) is 0 Å². The van der Waals surface area contributed by atoms with Gasteiger partial charge in [0.2, 0.25) is 0 Å². The van der Waals surface area contributed by atoms with Crippen LogP contribution in [0.2, 0.25) is 5.02 Å². The number of nitriles is 1. The van der Waals surface area contributed by atoms with Gasteiger partial charge in [0.05, 0.1) is 5.02 Å². The summed E-state index contributed by atoms with van der Waals surface area (Å²) >= 11 is 6.05. The van der Waals surface area contributed by atoms with E-state index in [-0.39, 0.29) is 0 Å². The van der Waals surface area contributed by atoms with Crippen LogP contribution in [0, 0.1) is 11.3 Å². The van der Waals surface area contributed by atoms with Gasteiger partial charge in [0, 0.05) is 0 Å². The van der Waals surface area contributed by atoms with Crippen molar-refractivity contribution in [3.63, 3.8) is 0 Å². The molecule has 1 unspecified atom stereocenters. The Morgan fingerprint density at radius 1 is 1.56 bits per heavy atom. The number of halogens is 1. The maximum absolute atomic E-state index is 8.78. The molecule has 3 nitrogen and oxygen atoms in total. The molecule has 0 heterocycles. The van der Waals surface area contributed by atoms with Gasteiger partial charge in [-0.05, 0) is 37.1 Å². The molecular weight excluding hydrogens is 224 g/mol. The van der Waals surface area contributed by atoms with Gasteiger partial charge < -0.3 is 10.5 Å². The van der Waals surface area contributed by atoms with Crippen LogP contribution in [0.25, 0.3) is 0 Å². The molecule has 0 saturated heterocycles. The predicted molar refractivity (Wildman–Crippen MR) is 64.5 cm³/mol. The first-order valence-electron chi connectivity index (χ1n) is 5.26. The zero-order valence-corrected chi connectivity index (χ0v) is 10.00. The molecule has 86 valence electrons. The van der Waals surface area contributed by atoms with Crippen molar-refractivity contribution in [3.05, 3.63) is 28.8 Å². The van der Waals surface area contributed by atoms with Gasteiger partial charge in [-0.25, -0.2) is 0 Å². The van der Waals surface area contributed by atoms with Gasteiger partial charge in [0.25, 0.3) is 0 Å². The van der Waals surface area contributed by atoms with Crippen LogP contribution in [-0.4, -0.2) is 12.6 Å². The molecule has 1 rings (SSSR count). The minimum absolute atomic E-state index is 0.446. The summed E-state index contributed by atoms with van der Waals surface area (Å²) in [5.41, 5.74) is 6.53. The van der Waals surface area contributed by atoms with E-state index in [1.54, 1.807) is 6.07 Å². The van der Waals surface area contributed by atoms with E-state index in [4.69, 9.17) is 27.3 Å². The lowest BCUT2D eigenvalue weighted by Gasteiger charge is -2.12. The van der Waals surface area contributed by atoms with E-state index in [1.807, 2.05) is 19.1 Å². The number of ether oxygens (including phenoxy) is 1.